The van der Waals surface area contributed by atoms with Gasteiger partial charge in [0.25, 0.3) is 0 Å². The number of unbranched alkanes of at least 4 members (excludes halogenated alkanes) is 3. The summed E-state index contributed by atoms with van der Waals surface area (Å²) in [5.74, 6) is -0.629. The summed E-state index contributed by atoms with van der Waals surface area (Å²) in [5.41, 5.74) is 0.559. The van der Waals surface area contributed by atoms with Gasteiger partial charge in [0.15, 0.2) is 0 Å². The molecule has 0 radical (unpaired) electrons. The van der Waals surface area contributed by atoms with Gasteiger partial charge in [0.2, 0.25) is 5.91 Å². The van der Waals surface area contributed by atoms with Crippen LogP contribution in [0.4, 0.5) is 5.69 Å². The number of rotatable bonds is 10. The van der Waals surface area contributed by atoms with Crippen molar-refractivity contribution < 1.29 is 19.4 Å². The zero-order valence-corrected chi connectivity index (χ0v) is 13.4. The summed E-state index contributed by atoms with van der Waals surface area (Å²) >= 11 is 0. The first-order valence-corrected chi connectivity index (χ1v) is 7.88. The Hall–Kier alpha value is -2.04. The predicted octanol–water partition coefficient (Wildman–Crippen LogP) is 4.08. The van der Waals surface area contributed by atoms with Gasteiger partial charge in [0.05, 0.1) is 17.9 Å². The fourth-order valence-electron chi connectivity index (χ4n) is 1.97. The molecule has 0 aromatic heterocycles. The van der Waals surface area contributed by atoms with Crippen LogP contribution in [0.2, 0.25) is 0 Å². The molecule has 1 rings (SSSR count). The highest BCUT2D eigenvalue weighted by atomic mass is 16.5. The lowest BCUT2D eigenvalue weighted by atomic mass is 10.1. The number of hydrogen-bond donors (Lipinski definition) is 2. The lowest BCUT2D eigenvalue weighted by Gasteiger charge is -2.13. The monoisotopic (exact) mass is 307 g/mol. The van der Waals surface area contributed by atoms with E-state index in [2.05, 4.69) is 12.2 Å². The van der Waals surface area contributed by atoms with E-state index >= 15 is 0 Å². The Labute approximate surface area is 131 Å². The van der Waals surface area contributed by atoms with Crippen molar-refractivity contribution in [2.45, 2.75) is 52.4 Å². The highest BCUT2D eigenvalue weighted by Crippen LogP contribution is 2.26. The number of nitrogens with one attached hydrogen (secondary N) is 1. The van der Waals surface area contributed by atoms with E-state index in [9.17, 15) is 9.59 Å². The number of benzene rings is 1. The molecule has 0 saturated carbocycles. The van der Waals surface area contributed by atoms with Crippen LogP contribution in [0.3, 0.4) is 0 Å². The SMILES string of the molecule is CCCCCOc1ccc(C(=O)O)cc1NC(=O)CCCC. The molecule has 0 bridgehead atoms. The third-order valence-electron chi connectivity index (χ3n) is 3.26. The van der Waals surface area contributed by atoms with Gasteiger partial charge >= 0.3 is 5.97 Å². The second-order valence-corrected chi connectivity index (χ2v) is 5.22. The summed E-state index contributed by atoms with van der Waals surface area (Å²) < 4.78 is 5.67. The van der Waals surface area contributed by atoms with E-state index < -0.39 is 5.97 Å². The second-order valence-electron chi connectivity index (χ2n) is 5.22. The molecule has 122 valence electrons. The van der Waals surface area contributed by atoms with Gasteiger partial charge in [-0.1, -0.05) is 33.1 Å². The Bertz CT molecular complexity index is 499. The number of aromatic carboxylic acids is 1. The molecular formula is C17H25NO4. The van der Waals surface area contributed by atoms with Crippen LogP contribution in [-0.2, 0) is 4.79 Å². The molecule has 0 aliphatic heterocycles. The average Bonchev–Trinajstić information content (AvgIpc) is 2.50. The molecule has 0 spiro atoms. The minimum Gasteiger partial charge on any atom is -0.491 e. The summed E-state index contributed by atoms with van der Waals surface area (Å²) in [5, 5.41) is 11.8. The van der Waals surface area contributed by atoms with Gasteiger partial charge in [0, 0.05) is 6.42 Å². The van der Waals surface area contributed by atoms with Gasteiger partial charge in [-0.3, -0.25) is 4.79 Å². The summed E-state index contributed by atoms with van der Waals surface area (Å²) in [6, 6.07) is 4.53. The van der Waals surface area contributed by atoms with Crippen LogP contribution >= 0.6 is 0 Å². The average molecular weight is 307 g/mol. The number of amides is 1. The van der Waals surface area contributed by atoms with Crippen LogP contribution < -0.4 is 10.1 Å². The van der Waals surface area contributed by atoms with Crippen molar-refractivity contribution in [1.82, 2.24) is 0 Å². The van der Waals surface area contributed by atoms with E-state index in [0.717, 1.165) is 32.1 Å². The number of carbonyl (C=O) groups is 2. The Kier molecular flexibility index (Phi) is 8.04. The van der Waals surface area contributed by atoms with E-state index in [-0.39, 0.29) is 11.5 Å². The van der Waals surface area contributed by atoms with Crippen molar-refractivity contribution in [1.29, 1.82) is 0 Å². The van der Waals surface area contributed by atoms with Gasteiger partial charge in [-0.15, -0.1) is 0 Å². The van der Waals surface area contributed by atoms with Crippen molar-refractivity contribution >= 4 is 17.6 Å². The van der Waals surface area contributed by atoms with Crippen LogP contribution in [0.25, 0.3) is 0 Å². The molecular weight excluding hydrogens is 282 g/mol. The minimum absolute atomic E-state index is 0.122. The summed E-state index contributed by atoms with van der Waals surface area (Å²) in [6.07, 6.45) is 5.26. The number of ether oxygens (including phenoxy) is 1. The van der Waals surface area contributed by atoms with Crippen LogP contribution in [-0.4, -0.2) is 23.6 Å². The van der Waals surface area contributed by atoms with Gasteiger partial charge < -0.3 is 15.2 Å². The third-order valence-corrected chi connectivity index (χ3v) is 3.26. The smallest absolute Gasteiger partial charge is 0.335 e. The molecule has 0 atom stereocenters. The predicted molar refractivity (Wildman–Crippen MR) is 86.6 cm³/mol. The van der Waals surface area contributed by atoms with Gasteiger partial charge in [0.1, 0.15) is 5.75 Å². The Balaban J connectivity index is 2.80. The third kappa shape index (κ3) is 6.16. The highest BCUT2D eigenvalue weighted by molar-refractivity contribution is 5.95. The maximum Gasteiger partial charge on any atom is 0.335 e. The second kappa shape index (κ2) is 9.82. The molecule has 0 unspecified atom stereocenters. The number of carboxylic acid groups (broad SMARTS) is 1. The van der Waals surface area contributed by atoms with E-state index in [1.165, 1.54) is 12.1 Å². The number of anilines is 1. The molecule has 0 fully saturated rings. The summed E-state index contributed by atoms with van der Waals surface area (Å²) in [4.78, 5) is 22.9. The maximum atomic E-state index is 11.9. The molecule has 0 saturated heterocycles. The largest absolute Gasteiger partial charge is 0.491 e. The molecule has 5 heteroatoms. The van der Waals surface area contributed by atoms with E-state index in [0.29, 0.717) is 24.5 Å². The van der Waals surface area contributed by atoms with Crippen LogP contribution in [0.15, 0.2) is 18.2 Å². The topological polar surface area (TPSA) is 75.6 Å². The van der Waals surface area contributed by atoms with Gasteiger partial charge in [-0.2, -0.15) is 0 Å². The van der Waals surface area contributed by atoms with Crippen LogP contribution in [0.1, 0.15) is 62.7 Å². The minimum atomic E-state index is -1.03. The van der Waals surface area contributed by atoms with Crippen molar-refractivity contribution in [2.24, 2.45) is 0 Å². The standard InChI is InChI=1S/C17H25NO4/c1-3-5-7-11-22-15-10-9-13(17(20)21)12-14(15)18-16(19)8-6-4-2/h9-10,12H,3-8,11H2,1-2H3,(H,18,19)(H,20,21). The Morgan fingerprint density at radius 2 is 1.86 bits per heavy atom. The zero-order valence-electron chi connectivity index (χ0n) is 13.4. The van der Waals surface area contributed by atoms with E-state index in [1.807, 2.05) is 6.92 Å². The van der Waals surface area contributed by atoms with E-state index in [4.69, 9.17) is 9.84 Å². The number of hydrogen-bond acceptors (Lipinski definition) is 3. The fraction of sp³-hybridized carbons (Fsp3) is 0.529. The van der Waals surface area contributed by atoms with Crippen LogP contribution in [0, 0.1) is 0 Å². The highest BCUT2D eigenvalue weighted by Gasteiger charge is 2.12. The van der Waals surface area contributed by atoms with Crippen molar-refractivity contribution in [2.75, 3.05) is 11.9 Å². The molecule has 0 aliphatic rings. The lowest BCUT2D eigenvalue weighted by molar-refractivity contribution is -0.116. The van der Waals surface area contributed by atoms with Crippen molar-refractivity contribution in [3.05, 3.63) is 23.8 Å². The molecule has 5 nitrogen and oxygen atoms in total. The van der Waals surface area contributed by atoms with Crippen molar-refractivity contribution in [3.63, 3.8) is 0 Å². The molecule has 1 aromatic carbocycles. The molecule has 1 aromatic rings. The van der Waals surface area contributed by atoms with Gasteiger partial charge in [-0.25, -0.2) is 4.79 Å². The molecule has 22 heavy (non-hydrogen) atoms. The zero-order chi connectivity index (χ0) is 16.4. The van der Waals surface area contributed by atoms with Gasteiger partial charge in [-0.05, 0) is 31.0 Å². The number of carbonyl (C=O) groups excluding carboxylic acids is 1. The van der Waals surface area contributed by atoms with Crippen molar-refractivity contribution in [3.8, 4) is 5.75 Å². The normalized spacial score (nSPS) is 10.3. The lowest BCUT2D eigenvalue weighted by Crippen LogP contribution is -2.13. The van der Waals surface area contributed by atoms with Crippen LogP contribution in [0.5, 0.6) is 5.75 Å². The fourth-order valence-corrected chi connectivity index (χ4v) is 1.97. The van der Waals surface area contributed by atoms with E-state index in [1.54, 1.807) is 6.07 Å². The summed E-state index contributed by atoms with van der Waals surface area (Å²) in [7, 11) is 0. The number of carboxylic acids is 1. The Morgan fingerprint density at radius 1 is 1.14 bits per heavy atom. The first kappa shape index (κ1) is 18.0. The first-order chi connectivity index (χ1) is 10.6. The first-order valence-electron chi connectivity index (χ1n) is 7.88. The maximum absolute atomic E-state index is 11.9. The Morgan fingerprint density at radius 3 is 2.50 bits per heavy atom. The molecule has 0 aliphatic carbocycles. The molecule has 0 heterocycles. The quantitative estimate of drug-likeness (QED) is 0.639. The molecule has 2 N–H and O–H groups in total. The molecule has 1 amide bonds. The summed E-state index contributed by atoms with van der Waals surface area (Å²) in [6.45, 7) is 4.68.